The van der Waals surface area contributed by atoms with Crippen molar-refractivity contribution < 1.29 is 9.21 Å². The lowest BCUT2D eigenvalue weighted by Crippen LogP contribution is -2.15. The third-order valence-corrected chi connectivity index (χ3v) is 4.00. The molecule has 0 atom stereocenters. The van der Waals surface area contributed by atoms with Crippen molar-refractivity contribution in [1.82, 2.24) is 0 Å². The highest BCUT2D eigenvalue weighted by atomic mass is 127. The van der Waals surface area contributed by atoms with Gasteiger partial charge in [0, 0.05) is 15.3 Å². The van der Waals surface area contributed by atoms with Gasteiger partial charge in [0.2, 0.25) is 0 Å². The molecule has 110 valence electrons. The zero-order valence-corrected chi connectivity index (χ0v) is 13.9. The van der Waals surface area contributed by atoms with Gasteiger partial charge in [0.25, 0.3) is 5.91 Å². The van der Waals surface area contributed by atoms with Crippen LogP contribution in [0.1, 0.15) is 16.1 Å². The highest BCUT2D eigenvalue weighted by Gasteiger charge is 2.13. The van der Waals surface area contributed by atoms with Crippen LogP contribution >= 0.6 is 22.6 Å². The van der Waals surface area contributed by atoms with Gasteiger partial charge in [0.05, 0.1) is 5.39 Å². The first-order valence-corrected chi connectivity index (χ1v) is 7.73. The van der Waals surface area contributed by atoms with Crippen molar-refractivity contribution in [3.8, 4) is 0 Å². The van der Waals surface area contributed by atoms with Gasteiger partial charge in [-0.15, -0.1) is 0 Å². The standard InChI is InChI=1S/C17H12INO3/c1-10-3-2-4-13-14(20)9-15(22-16(10)13)17(21)19-12-7-5-11(18)6-8-12/h2-9H,1H3,(H,19,21). The number of carbonyl (C=O) groups is 1. The molecule has 0 aliphatic rings. The second-order valence-corrected chi connectivity index (χ2v) is 6.13. The summed E-state index contributed by atoms with van der Waals surface area (Å²) in [6.45, 7) is 1.84. The number of benzene rings is 2. The zero-order chi connectivity index (χ0) is 15.7. The second-order valence-electron chi connectivity index (χ2n) is 4.89. The number of rotatable bonds is 2. The van der Waals surface area contributed by atoms with Gasteiger partial charge >= 0.3 is 0 Å². The van der Waals surface area contributed by atoms with E-state index in [4.69, 9.17) is 4.42 Å². The molecule has 4 nitrogen and oxygen atoms in total. The largest absolute Gasteiger partial charge is 0.450 e. The molecular weight excluding hydrogens is 393 g/mol. The Balaban J connectivity index is 1.99. The van der Waals surface area contributed by atoms with Crippen LogP contribution < -0.4 is 10.7 Å². The molecule has 1 amide bonds. The number of hydrogen-bond donors (Lipinski definition) is 1. The van der Waals surface area contributed by atoms with Crippen LogP contribution in [0.3, 0.4) is 0 Å². The minimum atomic E-state index is -0.441. The molecule has 2 aromatic carbocycles. The van der Waals surface area contributed by atoms with Crippen molar-refractivity contribution in [3.63, 3.8) is 0 Å². The number of hydrogen-bond acceptors (Lipinski definition) is 3. The number of fused-ring (bicyclic) bond motifs is 1. The van der Waals surface area contributed by atoms with Crippen molar-refractivity contribution >= 4 is 45.2 Å². The Morgan fingerprint density at radius 1 is 1.14 bits per heavy atom. The van der Waals surface area contributed by atoms with Crippen LogP contribution in [0, 0.1) is 10.5 Å². The summed E-state index contributed by atoms with van der Waals surface area (Å²) in [5, 5.41) is 3.20. The summed E-state index contributed by atoms with van der Waals surface area (Å²) in [5.74, 6) is -0.436. The number of halogens is 1. The molecule has 1 heterocycles. The fourth-order valence-electron chi connectivity index (χ4n) is 2.16. The molecule has 1 aromatic heterocycles. The van der Waals surface area contributed by atoms with Gasteiger partial charge in [0.15, 0.2) is 11.2 Å². The maximum atomic E-state index is 12.3. The van der Waals surface area contributed by atoms with E-state index in [0.29, 0.717) is 16.7 Å². The van der Waals surface area contributed by atoms with E-state index in [9.17, 15) is 9.59 Å². The fourth-order valence-corrected chi connectivity index (χ4v) is 2.52. The van der Waals surface area contributed by atoms with Crippen molar-refractivity contribution in [2.45, 2.75) is 6.92 Å². The number of amides is 1. The lowest BCUT2D eigenvalue weighted by atomic mass is 10.1. The third kappa shape index (κ3) is 2.89. The van der Waals surface area contributed by atoms with Gasteiger partial charge in [0.1, 0.15) is 5.58 Å². The predicted octanol–water partition coefficient (Wildman–Crippen LogP) is 3.96. The van der Waals surface area contributed by atoms with Crippen LogP contribution in [0.15, 0.2) is 57.7 Å². The van der Waals surface area contributed by atoms with E-state index < -0.39 is 5.91 Å². The van der Waals surface area contributed by atoms with E-state index >= 15 is 0 Å². The SMILES string of the molecule is Cc1cccc2c(=O)cc(C(=O)Nc3ccc(I)cc3)oc12. The Hall–Kier alpha value is -2.15. The van der Waals surface area contributed by atoms with Crippen LogP contribution in [-0.2, 0) is 0 Å². The number of carbonyl (C=O) groups excluding carboxylic acids is 1. The molecule has 22 heavy (non-hydrogen) atoms. The van der Waals surface area contributed by atoms with Crippen LogP contribution in [0.4, 0.5) is 5.69 Å². The Morgan fingerprint density at radius 3 is 2.59 bits per heavy atom. The van der Waals surface area contributed by atoms with E-state index in [2.05, 4.69) is 27.9 Å². The van der Waals surface area contributed by atoms with Crippen LogP contribution in [0.2, 0.25) is 0 Å². The Morgan fingerprint density at radius 2 is 1.86 bits per heavy atom. The van der Waals surface area contributed by atoms with Crippen LogP contribution in [0.25, 0.3) is 11.0 Å². The molecule has 0 aliphatic carbocycles. The number of aryl methyl sites for hydroxylation is 1. The maximum absolute atomic E-state index is 12.3. The maximum Gasteiger partial charge on any atom is 0.291 e. The van der Waals surface area contributed by atoms with E-state index in [-0.39, 0.29) is 11.2 Å². The lowest BCUT2D eigenvalue weighted by Gasteiger charge is -2.06. The minimum Gasteiger partial charge on any atom is -0.450 e. The summed E-state index contributed by atoms with van der Waals surface area (Å²) >= 11 is 2.19. The molecule has 0 saturated heterocycles. The van der Waals surface area contributed by atoms with Crippen LogP contribution in [0.5, 0.6) is 0 Å². The molecule has 3 rings (SSSR count). The zero-order valence-electron chi connectivity index (χ0n) is 11.7. The summed E-state index contributed by atoms with van der Waals surface area (Å²) < 4.78 is 6.69. The summed E-state index contributed by atoms with van der Waals surface area (Å²) in [6, 6.07) is 13.9. The molecule has 3 aromatic rings. The monoisotopic (exact) mass is 405 g/mol. The van der Waals surface area contributed by atoms with E-state index in [1.54, 1.807) is 24.3 Å². The van der Waals surface area contributed by atoms with Gasteiger partial charge < -0.3 is 9.73 Å². The highest BCUT2D eigenvalue weighted by molar-refractivity contribution is 14.1. The van der Waals surface area contributed by atoms with E-state index in [1.807, 2.05) is 25.1 Å². The smallest absolute Gasteiger partial charge is 0.291 e. The molecule has 0 saturated carbocycles. The average molecular weight is 405 g/mol. The Bertz CT molecular complexity index is 913. The molecule has 0 bridgehead atoms. The third-order valence-electron chi connectivity index (χ3n) is 3.28. The number of anilines is 1. The summed E-state index contributed by atoms with van der Waals surface area (Å²) in [6.07, 6.45) is 0. The van der Waals surface area contributed by atoms with Gasteiger partial charge in [-0.1, -0.05) is 12.1 Å². The van der Waals surface area contributed by atoms with Crippen LogP contribution in [-0.4, -0.2) is 5.91 Å². The Labute approximate surface area is 140 Å². The summed E-state index contributed by atoms with van der Waals surface area (Å²) in [5.41, 5.74) is 1.69. The molecule has 0 radical (unpaired) electrons. The predicted molar refractivity (Wildman–Crippen MR) is 94.3 cm³/mol. The molecule has 5 heteroatoms. The second kappa shape index (κ2) is 5.92. The van der Waals surface area contributed by atoms with Gasteiger partial charge in [-0.05, 0) is 65.4 Å². The van der Waals surface area contributed by atoms with E-state index in [1.165, 1.54) is 6.07 Å². The normalized spacial score (nSPS) is 10.6. The first-order valence-electron chi connectivity index (χ1n) is 6.65. The lowest BCUT2D eigenvalue weighted by molar-refractivity contribution is 0.0997. The molecule has 0 aliphatic heterocycles. The Kier molecular flexibility index (Phi) is 3.98. The number of para-hydroxylation sites is 1. The summed E-state index contributed by atoms with van der Waals surface area (Å²) in [4.78, 5) is 24.4. The molecular formula is C17H12INO3. The van der Waals surface area contributed by atoms with Crippen molar-refractivity contribution in [3.05, 3.63) is 73.6 Å². The quantitative estimate of drug-likeness (QED) is 0.657. The van der Waals surface area contributed by atoms with Gasteiger partial charge in [-0.3, -0.25) is 9.59 Å². The number of nitrogens with one attached hydrogen (secondary N) is 1. The van der Waals surface area contributed by atoms with E-state index in [0.717, 1.165) is 9.13 Å². The topological polar surface area (TPSA) is 59.3 Å². The molecule has 0 spiro atoms. The minimum absolute atomic E-state index is 0.00495. The fraction of sp³-hybridized carbons (Fsp3) is 0.0588. The molecule has 0 unspecified atom stereocenters. The average Bonchev–Trinajstić information content (AvgIpc) is 2.50. The highest BCUT2D eigenvalue weighted by Crippen LogP contribution is 2.18. The first-order chi connectivity index (χ1) is 10.5. The first kappa shape index (κ1) is 14.8. The molecule has 1 N–H and O–H groups in total. The molecule has 0 fully saturated rings. The van der Waals surface area contributed by atoms with Gasteiger partial charge in [-0.2, -0.15) is 0 Å². The van der Waals surface area contributed by atoms with Crippen molar-refractivity contribution in [2.75, 3.05) is 5.32 Å². The van der Waals surface area contributed by atoms with Crippen molar-refractivity contribution in [1.29, 1.82) is 0 Å². The van der Waals surface area contributed by atoms with Crippen molar-refractivity contribution in [2.24, 2.45) is 0 Å². The van der Waals surface area contributed by atoms with Gasteiger partial charge in [-0.25, -0.2) is 0 Å². The summed E-state index contributed by atoms with van der Waals surface area (Å²) in [7, 11) is 0.